The van der Waals surface area contributed by atoms with Crippen LogP contribution in [0.15, 0.2) is 42.9 Å². The zero-order valence-corrected chi connectivity index (χ0v) is 28.7. The second-order valence-corrected chi connectivity index (χ2v) is 11.3. The number of azo groups is 2. The third-order valence-corrected chi connectivity index (χ3v) is 8.17. The summed E-state index contributed by atoms with van der Waals surface area (Å²) in [6.07, 6.45) is 4.86. The van der Waals surface area contributed by atoms with E-state index in [-0.39, 0.29) is 57.4 Å². The van der Waals surface area contributed by atoms with Gasteiger partial charge in [0, 0.05) is 20.2 Å². The average Bonchev–Trinajstić information content (AvgIpc) is 3.77. The molecule has 0 saturated carbocycles. The molecule has 0 aliphatic carbocycles. The van der Waals surface area contributed by atoms with E-state index in [1.54, 1.807) is 46.5 Å². The van der Waals surface area contributed by atoms with E-state index in [0.29, 0.717) is 21.4 Å². The molecule has 0 radical (unpaired) electrons. The first-order valence-corrected chi connectivity index (χ1v) is 16.2. The summed E-state index contributed by atoms with van der Waals surface area (Å²) in [6.45, 7) is 3.40. The summed E-state index contributed by atoms with van der Waals surface area (Å²) < 4.78 is 15.4. The Kier molecular flexibility index (Phi) is 9.56. The maximum Gasteiger partial charge on any atom is 0.344 e. The van der Waals surface area contributed by atoms with Gasteiger partial charge in [-0.15, -0.1) is 44.0 Å². The second-order valence-electron chi connectivity index (χ2n) is 9.74. The van der Waals surface area contributed by atoms with Crippen molar-refractivity contribution in [2.45, 2.75) is 23.9 Å². The highest BCUT2D eigenvalue weighted by Gasteiger charge is 2.26. The molecule has 250 valence electrons. The molecule has 4 N–H and O–H groups in total. The number of carbonyl (C=O) groups excluding carboxylic acids is 2. The Morgan fingerprint density at radius 3 is 1.46 bits per heavy atom. The van der Waals surface area contributed by atoms with Gasteiger partial charge in [-0.2, -0.15) is 29.8 Å². The zero-order valence-electron chi connectivity index (χ0n) is 27.0. The van der Waals surface area contributed by atoms with Crippen LogP contribution in [0.2, 0.25) is 0 Å². The lowest BCUT2D eigenvalue weighted by Crippen LogP contribution is -2.09. The molecule has 0 saturated heterocycles. The van der Waals surface area contributed by atoms with Crippen LogP contribution in [0.1, 0.15) is 32.1 Å². The second kappa shape index (κ2) is 13.6. The third-order valence-electron chi connectivity index (χ3n) is 6.82. The van der Waals surface area contributed by atoms with Crippen molar-refractivity contribution in [2.75, 3.05) is 38.2 Å². The van der Waals surface area contributed by atoms with Crippen molar-refractivity contribution in [1.82, 2.24) is 49.1 Å². The first-order chi connectivity index (χ1) is 22.9. The molecule has 0 aliphatic rings. The quantitative estimate of drug-likeness (QED) is 0.119. The molecule has 48 heavy (non-hydrogen) atoms. The SMILES string of the molecule is COC(=O)c1c(SC)nn(C)c1/N=N/c1c(C)nn(-c2cc(-n3nc(C)c(/N=N/c4c(C(=O)OC)c(SC)nn4C)c3N)ncn2)c1N. The number of carbonyl (C=O) groups is 2. The van der Waals surface area contributed by atoms with Gasteiger partial charge in [-0.25, -0.2) is 28.9 Å². The van der Waals surface area contributed by atoms with Gasteiger partial charge in [0.1, 0.15) is 27.5 Å². The first kappa shape index (κ1) is 33.7. The Hall–Kier alpha value is -5.64. The van der Waals surface area contributed by atoms with Gasteiger partial charge in [-0.1, -0.05) is 0 Å². The maximum atomic E-state index is 12.4. The summed E-state index contributed by atoms with van der Waals surface area (Å²) in [7, 11) is 5.82. The molecular weight excluding hydrogens is 665 g/mol. The van der Waals surface area contributed by atoms with E-state index in [1.807, 2.05) is 0 Å². The Morgan fingerprint density at radius 2 is 1.10 bits per heavy atom. The van der Waals surface area contributed by atoms with Gasteiger partial charge in [-0.05, 0) is 26.4 Å². The Morgan fingerprint density at radius 1 is 0.708 bits per heavy atom. The molecule has 0 aliphatic heterocycles. The van der Waals surface area contributed by atoms with E-state index >= 15 is 0 Å². The number of ether oxygens (including phenoxy) is 2. The number of hydrogen-bond donors (Lipinski definition) is 2. The highest BCUT2D eigenvalue weighted by molar-refractivity contribution is 7.98. The molecule has 0 fully saturated rings. The molecule has 0 spiro atoms. The van der Waals surface area contributed by atoms with E-state index in [0.717, 1.165) is 0 Å². The van der Waals surface area contributed by atoms with Crippen molar-refractivity contribution in [3.63, 3.8) is 0 Å². The van der Waals surface area contributed by atoms with Crippen LogP contribution in [-0.4, -0.2) is 87.8 Å². The van der Waals surface area contributed by atoms with Crippen LogP contribution in [0.4, 0.5) is 34.6 Å². The van der Waals surface area contributed by atoms with Crippen molar-refractivity contribution >= 4 is 70.1 Å². The molecule has 5 rings (SSSR count). The molecule has 0 aromatic carbocycles. The normalized spacial score (nSPS) is 11.7. The third kappa shape index (κ3) is 5.97. The van der Waals surface area contributed by atoms with Gasteiger partial charge in [0.2, 0.25) is 0 Å². The standard InChI is InChI=1S/C26H30N16O4S2/c1-11-17(31-33-21-15(25(43)45-5)23(47-7)37-39(21)3)19(27)41(35-11)13-9-14(30-10-29-13)42-20(28)18(12(2)36-42)32-34-22-16(26(44)46-6)24(48-8)38-40(22)4/h9-10H,27-28H2,1-8H3/b33-31+,34-32+. The Bertz CT molecular complexity index is 1960. The smallest absolute Gasteiger partial charge is 0.344 e. The van der Waals surface area contributed by atoms with Crippen LogP contribution >= 0.6 is 23.5 Å². The Labute approximate surface area is 281 Å². The molecule has 20 nitrogen and oxygen atoms in total. The van der Waals surface area contributed by atoms with E-state index in [9.17, 15) is 9.59 Å². The number of rotatable bonds is 10. The number of nitrogen functional groups attached to an aromatic ring is 2. The molecule has 0 unspecified atom stereocenters. The lowest BCUT2D eigenvalue weighted by atomic mass is 10.3. The molecule has 5 aromatic rings. The van der Waals surface area contributed by atoms with E-state index in [1.165, 1.54) is 62.8 Å². The van der Waals surface area contributed by atoms with E-state index in [2.05, 4.69) is 50.8 Å². The van der Waals surface area contributed by atoms with Crippen molar-refractivity contribution in [2.24, 2.45) is 34.6 Å². The fourth-order valence-corrected chi connectivity index (χ4v) is 5.66. The van der Waals surface area contributed by atoms with Crippen molar-refractivity contribution < 1.29 is 19.1 Å². The fourth-order valence-electron chi connectivity index (χ4n) is 4.49. The highest BCUT2D eigenvalue weighted by Crippen LogP contribution is 2.36. The predicted molar refractivity (Wildman–Crippen MR) is 176 cm³/mol. The van der Waals surface area contributed by atoms with Crippen LogP contribution in [0.3, 0.4) is 0 Å². The number of nitrogens with zero attached hydrogens (tertiary/aromatic N) is 14. The predicted octanol–water partition coefficient (Wildman–Crippen LogP) is 3.94. The largest absolute Gasteiger partial charge is 0.465 e. The van der Waals surface area contributed by atoms with Crippen LogP contribution in [0.25, 0.3) is 11.6 Å². The summed E-state index contributed by atoms with van der Waals surface area (Å²) in [5, 5.41) is 35.6. The number of anilines is 2. The van der Waals surface area contributed by atoms with Crippen molar-refractivity contribution in [3.8, 4) is 11.6 Å². The maximum absolute atomic E-state index is 12.4. The molecule has 0 bridgehead atoms. The molecular formula is C26H30N16O4S2. The summed E-state index contributed by atoms with van der Waals surface area (Å²) in [5.74, 6) is -0.0196. The number of aromatic nitrogens is 10. The number of thioether (sulfide) groups is 2. The number of aryl methyl sites for hydroxylation is 4. The summed E-state index contributed by atoms with van der Waals surface area (Å²) in [4.78, 5) is 33.5. The highest BCUT2D eigenvalue weighted by atomic mass is 32.2. The summed E-state index contributed by atoms with van der Waals surface area (Å²) in [6, 6.07) is 1.57. The Balaban J connectivity index is 1.49. The topological polar surface area (TPSA) is 251 Å². The first-order valence-electron chi connectivity index (χ1n) is 13.7. The van der Waals surface area contributed by atoms with Crippen LogP contribution in [0.5, 0.6) is 0 Å². The van der Waals surface area contributed by atoms with Crippen molar-refractivity contribution in [3.05, 3.63) is 34.9 Å². The lowest BCUT2D eigenvalue weighted by molar-refractivity contribution is 0.0588. The summed E-state index contributed by atoms with van der Waals surface area (Å²) in [5.41, 5.74) is 14.6. The number of methoxy groups -OCH3 is 2. The minimum absolute atomic E-state index is 0.120. The minimum atomic E-state index is -0.597. The monoisotopic (exact) mass is 694 g/mol. The summed E-state index contributed by atoms with van der Waals surface area (Å²) >= 11 is 2.55. The lowest BCUT2D eigenvalue weighted by Gasteiger charge is -2.06. The van der Waals surface area contributed by atoms with Gasteiger partial charge in [0.05, 0.1) is 25.6 Å². The molecule has 0 atom stereocenters. The van der Waals surface area contributed by atoms with Gasteiger partial charge >= 0.3 is 11.9 Å². The van der Waals surface area contributed by atoms with Crippen LogP contribution in [-0.2, 0) is 23.6 Å². The molecule has 22 heteroatoms. The minimum Gasteiger partial charge on any atom is -0.465 e. The van der Waals surface area contributed by atoms with Crippen molar-refractivity contribution in [1.29, 1.82) is 0 Å². The van der Waals surface area contributed by atoms with Crippen LogP contribution in [0, 0.1) is 13.8 Å². The number of esters is 2. The van der Waals surface area contributed by atoms with Crippen LogP contribution < -0.4 is 11.5 Å². The molecule has 0 amide bonds. The van der Waals surface area contributed by atoms with Gasteiger partial charge < -0.3 is 20.9 Å². The molecule has 5 heterocycles. The van der Waals surface area contributed by atoms with Gasteiger partial charge in [-0.3, -0.25) is 0 Å². The zero-order chi connectivity index (χ0) is 34.9. The van der Waals surface area contributed by atoms with Gasteiger partial charge in [0.25, 0.3) is 0 Å². The van der Waals surface area contributed by atoms with E-state index < -0.39 is 11.9 Å². The number of nitrogens with two attached hydrogens (primary N) is 2. The number of hydrogen-bond acceptors (Lipinski definition) is 18. The fraction of sp³-hybridized carbons (Fsp3) is 0.308. The van der Waals surface area contributed by atoms with E-state index in [4.69, 9.17) is 20.9 Å². The van der Waals surface area contributed by atoms with Gasteiger partial charge in [0.15, 0.2) is 46.3 Å². The average molecular weight is 695 g/mol. The molecule has 5 aromatic heterocycles.